The van der Waals surface area contributed by atoms with Gasteiger partial charge in [-0.2, -0.15) is 0 Å². The molecule has 1 aliphatic heterocycles. The quantitative estimate of drug-likeness (QED) is 0.0793. The molecule has 2 heterocycles. The summed E-state index contributed by atoms with van der Waals surface area (Å²) in [6.45, 7) is 27.8. The highest BCUT2D eigenvalue weighted by Crippen LogP contribution is 2.52. The lowest BCUT2D eigenvalue weighted by Gasteiger charge is -2.31. The normalized spacial score (nSPS) is 21.6. The number of ether oxygens (including phenoxy) is 2. The third kappa shape index (κ3) is 11.0. The standard InChI is InChI=1S/C37H50N6O3.C3H6O2/c1-22(2)33(42-37(45)46-9)36(44)43-18-10-11-32(43)35(38-8)40-27(7)25(5)14-12-23(3)24(4)13-15-26(6)31-21-39-34(41-31)30-20-28-16-17-29(30)19-28;1-2-5-3-4/h12-15,21-22,28-30,32-33H,3-7,10-11,16-20H2,1-2,8-9H3,(H,38,40)(H,39,41)(H,42,45);3H,2H2,1H3/b14-12-,15-13-;. The molecule has 5 unspecified atom stereocenters. The molecule has 0 spiro atoms. The van der Waals surface area contributed by atoms with Crippen LogP contribution in [0.4, 0.5) is 4.79 Å². The fourth-order valence-electron chi connectivity index (χ4n) is 6.86. The Balaban J connectivity index is 0.00000131. The molecule has 4 rings (SSSR count). The lowest BCUT2D eigenvalue weighted by atomic mass is 9.88. The number of alkyl carbamates (subject to hydrolysis) is 1. The van der Waals surface area contributed by atoms with Crippen LogP contribution in [0.2, 0.25) is 0 Å². The highest BCUT2D eigenvalue weighted by molar-refractivity contribution is 5.95. The Morgan fingerprint density at radius 2 is 1.75 bits per heavy atom. The summed E-state index contributed by atoms with van der Waals surface area (Å²) >= 11 is 0. The molecule has 1 aromatic heterocycles. The van der Waals surface area contributed by atoms with Crippen LogP contribution >= 0.6 is 0 Å². The number of aromatic nitrogens is 2. The van der Waals surface area contributed by atoms with Crippen LogP contribution in [0.1, 0.15) is 76.7 Å². The Labute approximate surface area is 303 Å². The number of imidazole rings is 1. The van der Waals surface area contributed by atoms with E-state index < -0.39 is 12.1 Å². The number of allylic oxidation sites excluding steroid dienone is 7. The van der Waals surface area contributed by atoms with E-state index >= 15 is 0 Å². The van der Waals surface area contributed by atoms with Crippen molar-refractivity contribution in [3.63, 3.8) is 0 Å². The topological polar surface area (TPSA) is 138 Å². The van der Waals surface area contributed by atoms with Gasteiger partial charge in [-0.25, -0.2) is 9.78 Å². The zero-order valence-electron chi connectivity index (χ0n) is 31.0. The van der Waals surface area contributed by atoms with Crippen molar-refractivity contribution in [3.05, 3.63) is 97.3 Å². The summed E-state index contributed by atoms with van der Waals surface area (Å²) in [5.74, 6) is 3.60. The number of likely N-dealkylation sites (tertiary alicyclic amines) is 1. The van der Waals surface area contributed by atoms with Gasteiger partial charge in [0.2, 0.25) is 5.91 Å². The van der Waals surface area contributed by atoms with Crippen molar-refractivity contribution in [2.45, 2.75) is 77.3 Å². The molecule has 11 nitrogen and oxygen atoms in total. The van der Waals surface area contributed by atoms with Crippen molar-refractivity contribution >= 4 is 29.9 Å². The van der Waals surface area contributed by atoms with Gasteiger partial charge in [-0.05, 0) is 79.1 Å². The predicted molar refractivity (Wildman–Crippen MR) is 204 cm³/mol. The second-order valence-electron chi connectivity index (χ2n) is 13.5. The predicted octanol–water partition coefficient (Wildman–Crippen LogP) is 6.79. The maximum absolute atomic E-state index is 13.5. The Morgan fingerprint density at radius 3 is 2.29 bits per heavy atom. The van der Waals surface area contributed by atoms with Gasteiger partial charge >= 0.3 is 6.09 Å². The summed E-state index contributed by atoms with van der Waals surface area (Å²) in [7, 11) is 2.96. The summed E-state index contributed by atoms with van der Waals surface area (Å²) in [5, 5.41) is 5.94. The summed E-state index contributed by atoms with van der Waals surface area (Å²) in [6, 6.07) is -0.986. The monoisotopic (exact) mass is 700 g/mol. The van der Waals surface area contributed by atoms with Crippen molar-refractivity contribution in [2.75, 3.05) is 27.3 Å². The zero-order chi connectivity index (χ0) is 37.7. The van der Waals surface area contributed by atoms with Crippen molar-refractivity contribution in [1.29, 1.82) is 0 Å². The molecule has 2 amide bonds. The van der Waals surface area contributed by atoms with Gasteiger partial charge in [0.05, 0.1) is 31.6 Å². The maximum Gasteiger partial charge on any atom is 0.407 e. The van der Waals surface area contributed by atoms with Gasteiger partial charge in [-0.15, -0.1) is 0 Å². The number of nitrogens with one attached hydrogen (secondary N) is 3. The van der Waals surface area contributed by atoms with Crippen LogP contribution in [0.3, 0.4) is 0 Å². The highest BCUT2D eigenvalue weighted by Gasteiger charge is 2.41. The second kappa shape index (κ2) is 19.5. The molecule has 51 heavy (non-hydrogen) atoms. The fraction of sp³-hybridized carbons (Fsp3) is 0.475. The van der Waals surface area contributed by atoms with Crippen molar-refractivity contribution in [2.24, 2.45) is 22.7 Å². The lowest BCUT2D eigenvalue weighted by Crippen LogP contribution is -2.55. The van der Waals surface area contributed by atoms with E-state index in [-0.39, 0.29) is 17.9 Å². The second-order valence-corrected chi connectivity index (χ2v) is 13.5. The average molecular weight is 701 g/mol. The number of methoxy groups -OCH3 is 1. The van der Waals surface area contributed by atoms with Gasteiger partial charge < -0.3 is 30.0 Å². The first-order chi connectivity index (χ1) is 24.3. The Morgan fingerprint density at radius 1 is 1.06 bits per heavy atom. The highest BCUT2D eigenvalue weighted by atomic mass is 16.5. The molecule has 11 heteroatoms. The summed E-state index contributed by atoms with van der Waals surface area (Å²) in [4.78, 5) is 48.9. The van der Waals surface area contributed by atoms with E-state index in [2.05, 4.69) is 63.2 Å². The first kappa shape index (κ1) is 40.5. The number of hydrogen-bond acceptors (Lipinski definition) is 7. The van der Waals surface area contributed by atoms with E-state index in [0.717, 1.165) is 52.9 Å². The number of aromatic amines is 1. The molecule has 0 radical (unpaired) electrons. The number of hydrogen-bond donors (Lipinski definition) is 3. The van der Waals surface area contributed by atoms with Gasteiger partial charge in [0.25, 0.3) is 6.47 Å². The third-order valence-corrected chi connectivity index (χ3v) is 9.80. The number of H-pyrrole nitrogens is 1. The SMILES string of the molecule is C=C(/C=C\C(=C)C(=C)NC(=NC)C1CCCN1C(=O)C(NC(=O)OC)C(C)C)C(=C)/C=C\C(=C)c1cnc(C2CC3CCC2C3)[nH]1.CCOC=O. The van der Waals surface area contributed by atoms with Gasteiger partial charge in [0.15, 0.2) is 0 Å². The maximum atomic E-state index is 13.5. The molecule has 2 bridgehead atoms. The fourth-order valence-corrected chi connectivity index (χ4v) is 6.86. The van der Waals surface area contributed by atoms with Gasteiger partial charge in [0.1, 0.15) is 17.7 Å². The summed E-state index contributed by atoms with van der Waals surface area (Å²) in [5.41, 5.74) is 4.42. The lowest BCUT2D eigenvalue weighted by molar-refractivity contribution is -0.134. The smallest absolute Gasteiger partial charge is 0.407 e. The minimum atomic E-state index is -0.707. The number of amidine groups is 1. The number of aliphatic imine (C=N–C) groups is 1. The van der Waals surface area contributed by atoms with Crippen LogP contribution in [-0.4, -0.2) is 78.6 Å². The number of rotatable bonds is 15. The number of fused-ring (bicyclic) bond motifs is 2. The van der Waals surface area contributed by atoms with Crippen LogP contribution in [0.15, 0.2) is 90.8 Å². The van der Waals surface area contributed by atoms with Crippen LogP contribution in [0, 0.1) is 17.8 Å². The molecule has 2 saturated carbocycles. The Hall–Kier alpha value is -4.93. The molecule has 3 aliphatic rings. The molecule has 5 atom stereocenters. The largest absolute Gasteiger partial charge is 0.468 e. The van der Waals surface area contributed by atoms with Gasteiger partial charge in [-0.3, -0.25) is 14.6 Å². The van der Waals surface area contributed by atoms with E-state index in [0.29, 0.717) is 42.6 Å². The minimum absolute atomic E-state index is 0.117. The van der Waals surface area contributed by atoms with Crippen LogP contribution in [0.5, 0.6) is 0 Å². The van der Waals surface area contributed by atoms with Crippen LogP contribution in [0.25, 0.3) is 5.57 Å². The molecule has 1 saturated heterocycles. The first-order valence-corrected chi connectivity index (χ1v) is 17.7. The van der Waals surface area contributed by atoms with Crippen molar-refractivity contribution < 1.29 is 23.9 Å². The van der Waals surface area contributed by atoms with E-state index in [9.17, 15) is 14.4 Å². The van der Waals surface area contributed by atoms with Crippen molar-refractivity contribution in [1.82, 2.24) is 25.5 Å². The Bertz CT molecular complexity index is 1570. The van der Waals surface area contributed by atoms with E-state index in [1.807, 2.05) is 44.3 Å². The molecular weight excluding hydrogens is 644 g/mol. The zero-order valence-corrected chi connectivity index (χ0v) is 31.0. The number of nitrogens with zero attached hydrogens (tertiary/aromatic N) is 3. The van der Waals surface area contributed by atoms with E-state index in [1.54, 1.807) is 18.9 Å². The van der Waals surface area contributed by atoms with Crippen LogP contribution in [-0.2, 0) is 19.1 Å². The van der Waals surface area contributed by atoms with Crippen LogP contribution < -0.4 is 10.6 Å². The first-order valence-electron chi connectivity index (χ1n) is 17.7. The molecule has 3 fully saturated rings. The Kier molecular flexibility index (Phi) is 15.5. The third-order valence-electron chi connectivity index (χ3n) is 9.80. The van der Waals surface area contributed by atoms with Crippen molar-refractivity contribution in [3.8, 4) is 0 Å². The molecule has 276 valence electrons. The summed E-state index contributed by atoms with van der Waals surface area (Å²) in [6.07, 6.45) is 15.6. The molecule has 3 N–H and O–H groups in total. The molecular formula is C40H56N6O5. The number of carbonyl (C=O) groups excluding carboxylic acids is 3. The average Bonchev–Trinajstić information content (AvgIpc) is 3.96. The summed E-state index contributed by atoms with van der Waals surface area (Å²) < 4.78 is 8.88. The van der Waals surface area contributed by atoms with Gasteiger partial charge in [-0.1, -0.05) is 77.5 Å². The number of carbonyl (C=O) groups is 3. The number of amides is 2. The van der Waals surface area contributed by atoms with E-state index in [4.69, 9.17) is 4.74 Å². The minimum Gasteiger partial charge on any atom is -0.468 e. The van der Waals surface area contributed by atoms with Gasteiger partial charge in [0, 0.05) is 25.2 Å². The molecule has 0 aromatic carbocycles. The molecule has 2 aliphatic carbocycles. The van der Waals surface area contributed by atoms with E-state index in [1.165, 1.54) is 32.8 Å². The molecule has 1 aromatic rings.